The Balaban J connectivity index is 1.64. The first-order valence-corrected chi connectivity index (χ1v) is 16.7. The normalized spacial score (nSPS) is 31.7. The second-order valence-corrected chi connectivity index (χ2v) is 13.9. The zero-order chi connectivity index (χ0) is 36.8. The van der Waals surface area contributed by atoms with Gasteiger partial charge in [-0.1, -0.05) is 54.6 Å². The first-order valence-electron chi connectivity index (χ1n) is 16.7. The zero-order valence-corrected chi connectivity index (χ0v) is 28.9. The van der Waals surface area contributed by atoms with Gasteiger partial charge in [0.15, 0.2) is 17.8 Å². The number of hydrogen-bond donors (Lipinski definition) is 1. The molecule has 3 aromatic rings. The third-order valence-electron chi connectivity index (χ3n) is 10.1. The Bertz CT molecular complexity index is 1810. The van der Waals surface area contributed by atoms with Crippen LogP contribution in [0, 0.1) is 5.92 Å². The molecule has 1 spiro atoms. The molecule has 6 rings (SSSR count). The van der Waals surface area contributed by atoms with Crippen LogP contribution < -0.4 is 0 Å². The second-order valence-electron chi connectivity index (χ2n) is 13.9. The average molecular weight is 701 g/mol. The fraction of sp³-hybridized carbons (Fsp3) is 0.410. The molecule has 12 heteroatoms. The Morgan fingerprint density at radius 3 is 1.59 bits per heavy atom. The van der Waals surface area contributed by atoms with Crippen LogP contribution in [-0.2, 0) is 38.0 Å². The maximum Gasteiger partial charge on any atom is 0.338 e. The Morgan fingerprint density at radius 2 is 1.12 bits per heavy atom. The maximum atomic E-state index is 14.1. The van der Waals surface area contributed by atoms with Gasteiger partial charge in [-0.3, -0.25) is 9.59 Å². The molecule has 2 bridgehead atoms. The van der Waals surface area contributed by atoms with Crippen LogP contribution >= 0.6 is 0 Å². The van der Waals surface area contributed by atoms with Gasteiger partial charge in [-0.05, 0) is 70.0 Å². The fourth-order valence-electron chi connectivity index (χ4n) is 8.25. The second kappa shape index (κ2) is 13.2. The maximum absolute atomic E-state index is 14.1. The smallest absolute Gasteiger partial charge is 0.338 e. The van der Waals surface area contributed by atoms with E-state index in [0.29, 0.717) is 0 Å². The Labute approximate surface area is 294 Å². The lowest BCUT2D eigenvalue weighted by Gasteiger charge is -2.64. The summed E-state index contributed by atoms with van der Waals surface area (Å²) in [5.41, 5.74) is -7.72. The van der Waals surface area contributed by atoms with Gasteiger partial charge in [0, 0.05) is 13.8 Å². The number of rotatable bonds is 8. The van der Waals surface area contributed by atoms with Crippen LogP contribution in [-0.4, -0.2) is 81.8 Å². The van der Waals surface area contributed by atoms with Crippen LogP contribution in [0.3, 0.4) is 0 Å². The summed E-state index contributed by atoms with van der Waals surface area (Å²) < 4.78 is 38.0. The first-order chi connectivity index (χ1) is 24.1. The molecule has 3 aliphatic rings. The first kappa shape index (κ1) is 35.7. The van der Waals surface area contributed by atoms with Gasteiger partial charge in [0.2, 0.25) is 5.60 Å². The minimum absolute atomic E-state index is 0.100. The van der Waals surface area contributed by atoms with Crippen LogP contribution in [0.25, 0.3) is 0 Å². The van der Waals surface area contributed by atoms with Crippen molar-refractivity contribution in [2.75, 3.05) is 0 Å². The molecule has 1 heterocycles. The molecule has 3 aromatic carbocycles. The third-order valence-corrected chi connectivity index (χ3v) is 10.1. The van der Waals surface area contributed by atoms with Gasteiger partial charge in [0.25, 0.3) is 0 Å². The number of aliphatic hydroxyl groups is 1. The van der Waals surface area contributed by atoms with E-state index in [1.54, 1.807) is 68.4 Å². The number of benzene rings is 3. The summed E-state index contributed by atoms with van der Waals surface area (Å²) in [4.78, 5) is 68.2. The summed E-state index contributed by atoms with van der Waals surface area (Å²) >= 11 is 0. The van der Waals surface area contributed by atoms with E-state index < -0.39 is 82.6 Å². The van der Waals surface area contributed by atoms with Gasteiger partial charge in [0.1, 0.15) is 12.2 Å². The highest BCUT2D eigenvalue weighted by Gasteiger charge is 2.89. The molecule has 0 radical (unpaired) electrons. The predicted octanol–water partition coefficient (Wildman–Crippen LogP) is 4.62. The van der Waals surface area contributed by atoms with Crippen molar-refractivity contribution in [3.8, 4) is 0 Å². The van der Waals surface area contributed by atoms with Gasteiger partial charge < -0.3 is 33.5 Å². The van der Waals surface area contributed by atoms with Crippen LogP contribution in [0.4, 0.5) is 0 Å². The number of esters is 5. The number of carbonyl (C=O) groups is 5. The summed E-state index contributed by atoms with van der Waals surface area (Å²) in [7, 11) is 0. The largest absolute Gasteiger partial charge is 0.459 e. The van der Waals surface area contributed by atoms with Crippen LogP contribution in [0.2, 0.25) is 0 Å². The minimum atomic E-state index is -2.47. The summed E-state index contributed by atoms with van der Waals surface area (Å²) in [6, 6.07) is 24.0. The van der Waals surface area contributed by atoms with Crippen molar-refractivity contribution in [3.05, 3.63) is 108 Å². The SMILES string of the molecule is CC(=O)O[C@@H]1[C@H]2[C@@H](OC(=O)c3ccccc3)[C@@H](OC(=O)c3ccccc3)[C@]3(OC(C)=O)[C@@H](OC(=O)c4ccccc4)CC[C@](C)(O)[C@@]13OC2(C)C. The predicted molar refractivity (Wildman–Crippen MR) is 178 cm³/mol. The van der Waals surface area contributed by atoms with Crippen molar-refractivity contribution in [1.29, 1.82) is 0 Å². The molecule has 268 valence electrons. The molecule has 2 aliphatic carbocycles. The third kappa shape index (κ3) is 5.95. The quantitative estimate of drug-likeness (QED) is 0.257. The molecule has 0 amide bonds. The lowest BCUT2D eigenvalue weighted by Crippen LogP contribution is -2.87. The fourth-order valence-corrected chi connectivity index (χ4v) is 8.25. The average Bonchev–Trinajstić information content (AvgIpc) is 3.30. The van der Waals surface area contributed by atoms with E-state index in [1.165, 1.54) is 43.3 Å². The van der Waals surface area contributed by atoms with Crippen molar-refractivity contribution in [3.63, 3.8) is 0 Å². The Hall–Kier alpha value is -5.07. The van der Waals surface area contributed by atoms with E-state index >= 15 is 0 Å². The number of fused-ring (bicyclic) bond motifs is 1. The molecule has 3 fully saturated rings. The summed E-state index contributed by atoms with van der Waals surface area (Å²) in [5, 5.41) is 12.5. The molecule has 8 atom stereocenters. The molecular weight excluding hydrogens is 660 g/mol. The van der Waals surface area contributed by atoms with Crippen molar-refractivity contribution >= 4 is 29.8 Å². The topological polar surface area (TPSA) is 161 Å². The van der Waals surface area contributed by atoms with Crippen LogP contribution in [0.5, 0.6) is 0 Å². The molecule has 1 saturated heterocycles. The van der Waals surface area contributed by atoms with Crippen LogP contribution in [0.15, 0.2) is 91.0 Å². The Morgan fingerprint density at radius 1 is 0.647 bits per heavy atom. The van der Waals surface area contributed by atoms with Gasteiger partial charge in [-0.2, -0.15) is 0 Å². The highest BCUT2D eigenvalue weighted by molar-refractivity contribution is 5.91. The van der Waals surface area contributed by atoms with E-state index in [4.69, 9.17) is 28.4 Å². The molecule has 51 heavy (non-hydrogen) atoms. The van der Waals surface area contributed by atoms with E-state index in [-0.39, 0.29) is 29.5 Å². The van der Waals surface area contributed by atoms with E-state index in [1.807, 2.05) is 0 Å². The van der Waals surface area contributed by atoms with E-state index in [2.05, 4.69) is 0 Å². The summed E-state index contributed by atoms with van der Waals surface area (Å²) in [6.07, 6.45) is -6.59. The zero-order valence-electron chi connectivity index (χ0n) is 28.9. The highest BCUT2D eigenvalue weighted by Crippen LogP contribution is 2.67. The highest BCUT2D eigenvalue weighted by atomic mass is 16.7. The lowest BCUT2D eigenvalue weighted by molar-refractivity contribution is -0.362. The molecule has 1 aliphatic heterocycles. The molecular formula is C39H40O12. The lowest BCUT2D eigenvalue weighted by atomic mass is 9.51. The minimum Gasteiger partial charge on any atom is -0.459 e. The van der Waals surface area contributed by atoms with Gasteiger partial charge in [-0.25, -0.2) is 14.4 Å². The molecule has 1 N–H and O–H groups in total. The Kier molecular flexibility index (Phi) is 9.28. The van der Waals surface area contributed by atoms with Gasteiger partial charge >= 0.3 is 29.8 Å². The molecule has 12 nitrogen and oxygen atoms in total. The van der Waals surface area contributed by atoms with Crippen LogP contribution in [0.1, 0.15) is 78.5 Å². The van der Waals surface area contributed by atoms with Gasteiger partial charge in [-0.15, -0.1) is 0 Å². The van der Waals surface area contributed by atoms with Gasteiger partial charge in [0.05, 0.1) is 33.8 Å². The molecule has 0 unspecified atom stereocenters. The standard InChI is InChI=1S/C39H40O12/c1-23(40)46-31-29-30(48-34(43)26-17-11-7-12-18-26)32(49-35(44)27-19-13-8-14-20-27)38(50-24(2)41)28(47-33(42)25-15-9-6-10-16-25)21-22-37(5,45)39(31,38)51-36(29,3)4/h6-20,28-32,45H,21-22H2,1-5H3/t28-,29+,30+,31+,32+,37-,38+,39-/m0/s1. The summed E-state index contributed by atoms with van der Waals surface area (Å²) in [5.74, 6) is -5.40. The number of carbonyl (C=O) groups excluding carboxylic acids is 5. The van der Waals surface area contributed by atoms with Crippen molar-refractivity contribution in [1.82, 2.24) is 0 Å². The number of hydrogen-bond acceptors (Lipinski definition) is 12. The van der Waals surface area contributed by atoms with E-state index in [0.717, 1.165) is 13.8 Å². The number of ether oxygens (including phenoxy) is 6. The molecule has 0 aromatic heterocycles. The van der Waals surface area contributed by atoms with E-state index in [9.17, 15) is 29.1 Å². The van der Waals surface area contributed by atoms with Crippen molar-refractivity contribution in [2.24, 2.45) is 5.92 Å². The summed E-state index contributed by atoms with van der Waals surface area (Å²) in [6.45, 7) is 6.97. The molecule has 2 saturated carbocycles. The van der Waals surface area contributed by atoms with Crippen molar-refractivity contribution in [2.45, 2.75) is 94.3 Å². The van der Waals surface area contributed by atoms with Crippen molar-refractivity contribution < 1.29 is 57.5 Å². The monoisotopic (exact) mass is 700 g/mol.